The lowest BCUT2D eigenvalue weighted by Gasteiger charge is -2.30. The second-order valence-corrected chi connectivity index (χ2v) is 11.7. The van der Waals surface area contributed by atoms with Crippen LogP contribution in [0.1, 0.15) is 24.0 Å². The minimum atomic E-state index is -3.52. The van der Waals surface area contributed by atoms with E-state index in [1.54, 1.807) is 18.2 Å². The topological polar surface area (TPSA) is 92.3 Å². The molecule has 33 heavy (non-hydrogen) atoms. The van der Waals surface area contributed by atoms with Gasteiger partial charge in [0.2, 0.25) is 21.1 Å². The Bertz CT molecular complexity index is 1250. The lowest BCUT2D eigenvalue weighted by atomic mass is 9.97. The molecule has 0 radical (unpaired) electrons. The molecule has 1 aliphatic heterocycles. The normalized spacial score (nSPS) is 15.5. The van der Waals surface area contributed by atoms with Crippen LogP contribution in [0.3, 0.4) is 0 Å². The van der Waals surface area contributed by atoms with Gasteiger partial charge < -0.3 is 5.32 Å². The molecule has 1 fully saturated rings. The quantitative estimate of drug-likeness (QED) is 0.489. The highest BCUT2D eigenvalue weighted by molar-refractivity contribution is 7.88. The molecule has 11 heteroatoms. The van der Waals surface area contributed by atoms with Gasteiger partial charge in [-0.1, -0.05) is 70.4 Å². The van der Waals surface area contributed by atoms with Crippen molar-refractivity contribution in [1.82, 2.24) is 14.5 Å². The predicted molar refractivity (Wildman–Crippen MR) is 132 cm³/mol. The molecule has 7 nitrogen and oxygen atoms in total. The number of nitrogens with one attached hydrogen (secondary N) is 1. The predicted octanol–water partition coefficient (Wildman–Crippen LogP) is 5.00. The van der Waals surface area contributed by atoms with Crippen LogP contribution in [0.25, 0.3) is 10.6 Å². The van der Waals surface area contributed by atoms with E-state index in [9.17, 15) is 13.2 Å². The first-order valence-corrected chi connectivity index (χ1v) is 13.5. The van der Waals surface area contributed by atoms with Crippen LogP contribution >= 0.6 is 34.5 Å². The SMILES string of the molecule is Cc1ccc(-c2nnc(NC(=O)C3CCN(S(=O)(=O)Cc4ccc(Cl)c(Cl)c4)CC3)s2)cc1. The number of hydrogen-bond donors (Lipinski definition) is 1. The van der Waals surface area contributed by atoms with E-state index >= 15 is 0 Å². The number of piperidine rings is 1. The van der Waals surface area contributed by atoms with E-state index < -0.39 is 10.0 Å². The maximum Gasteiger partial charge on any atom is 0.229 e. The van der Waals surface area contributed by atoms with Crippen molar-refractivity contribution in [3.05, 3.63) is 63.6 Å². The Hall–Kier alpha value is -2.04. The Balaban J connectivity index is 1.32. The number of halogens is 2. The van der Waals surface area contributed by atoms with Crippen LogP contribution in [0, 0.1) is 12.8 Å². The monoisotopic (exact) mass is 524 g/mol. The minimum absolute atomic E-state index is 0.159. The standard InChI is InChI=1S/C22H22Cl2N4O3S2/c1-14-2-5-17(6-3-14)21-26-27-22(32-21)25-20(29)16-8-10-28(11-9-16)33(30,31)13-15-4-7-18(23)19(24)12-15/h2-7,12,16H,8-11,13H2,1H3,(H,25,27,29). The zero-order chi connectivity index (χ0) is 23.6. The molecule has 2 aromatic carbocycles. The average molecular weight is 525 g/mol. The summed E-state index contributed by atoms with van der Waals surface area (Å²) < 4.78 is 27.1. The molecule has 1 amide bonds. The number of aromatic nitrogens is 2. The third-order valence-corrected chi connectivity index (χ3v) is 8.98. The fourth-order valence-electron chi connectivity index (χ4n) is 3.62. The number of benzene rings is 2. The highest BCUT2D eigenvalue weighted by Gasteiger charge is 2.31. The highest BCUT2D eigenvalue weighted by Crippen LogP contribution is 2.29. The fraction of sp³-hybridized carbons (Fsp3) is 0.318. The van der Waals surface area contributed by atoms with Crippen molar-refractivity contribution in [2.75, 3.05) is 18.4 Å². The van der Waals surface area contributed by atoms with E-state index in [0.717, 1.165) is 16.1 Å². The molecule has 1 saturated heterocycles. The van der Waals surface area contributed by atoms with Gasteiger partial charge in [0.1, 0.15) is 5.01 Å². The number of sulfonamides is 1. The Labute approximate surface area is 206 Å². The summed E-state index contributed by atoms with van der Waals surface area (Å²) in [5, 5.41) is 12.9. The van der Waals surface area contributed by atoms with Crippen molar-refractivity contribution in [2.45, 2.75) is 25.5 Å². The second kappa shape index (κ2) is 10.1. The number of carbonyl (C=O) groups excluding carboxylic acids is 1. The molecule has 4 rings (SSSR count). The smallest absolute Gasteiger partial charge is 0.229 e. The third kappa shape index (κ3) is 5.91. The van der Waals surface area contributed by atoms with Gasteiger partial charge in [-0.15, -0.1) is 10.2 Å². The Morgan fingerprint density at radius 2 is 1.79 bits per heavy atom. The van der Waals surface area contributed by atoms with Crippen LogP contribution in [0.4, 0.5) is 5.13 Å². The molecule has 1 N–H and O–H groups in total. The molecule has 0 aliphatic carbocycles. The van der Waals surface area contributed by atoms with Gasteiger partial charge >= 0.3 is 0 Å². The summed E-state index contributed by atoms with van der Waals surface area (Å²) in [5.41, 5.74) is 2.67. The molecule has 0 unspecified atom stereocenters. The van der Waals surface area contributed by atoms with Crippen LogP contribution in [-0.4, -0.2) is 41.9 Å². The van der Waals surface area contributed by atoms with Crippen molar-refractivity contribution in [3.8, 4) is 10.6 Å². The maximum absolute atomic E-state index is 12.8. The number of rotatable bonds is 6. The molecule has 0 spiro atoms. The van der Waals surface area contributed by atoms with Gasteiger partial charge in [-0.25, -0.2) is 12.7 Å². The zero-order valence-electron chi connectivity index (χ0n) is 17.8. The van der Waals surface area contributed by atoms with Crippen LogP contribution < -0.4 is 5.32 Å². The minimum Gasteiger partial charge on any atom is -0.300 e. The molecule has 2 heterocycles. The number of nitrogens with zero attached hydrogens (tertiary/aromatic N) is 3. The van der Waals surface area contributed by atoms with Crippen LogP contribution in [-0.2, 0) is 20.6 Å². The molecule has 0 bridgehead atoms. The summed E-state index contributed by atoms with van der Waals surface area (Å²) in [6.45, 7) is 2.58. The van der Waals surface area contributed by atoms with E-state index in [4.69, 9.17) is 23.2 Å². The van der Waals surface area contributed by atoms with Crippen molar-refractivity contribution in [3.63, 3.8) is 0 Å². The van der Waals surface area contributed by atoms with E-state index in [1.807, 2.05) is 31.2 Å². The van der Waals surface area contributed by atoms with Gasteiger partial charge in [0.25, 0.3) is 0 Å². The van der Waals surface area contributed by atoms with E-state index in [2.05, 4.69) is 15.5 Å². The summed E-state index contributed by atoms with van der Waals surface area (Å²) in [7, 11) is -3.52. The molecule has 174 valence electrons. The summed E-state index contributed by atoms with van der Waals surface area (Å²) in [6, 6.07) is 12.7. The van der Waals surface area contributed by atoms with Crippen LogP contribution in [0.5, 0.6) is 0 Å². The van der Waals surface area contributed by atoms with E-state index in [1.165, 1.54) is 15.6 Å². The van der Waals surface area contributed by atoms with Gasteiger partial charge in [-0.3, -0.25) is 4.79 Å². The molecular formula is C22H22Cl2N4O3S2. The number of hydrogen-bond acceptors (Lipinski definition) is 6. The van der Waals surface area contributed by atoms with Crippen molar-refractivity contribution in [1.29, 1.82) is 0 Å². The number of carbonyl (C=O) groups is 1. The third-order valence-electron chi connectivity index (χ3n) is 5.50. The maximum atomic E-state index is 12.8. The van der Waals surface area contributed by atoms with Gasteiger partial charge in [0.15, 0.2) is 0 Å². The first kappa shape index (κ1) is 24.1. The molecule has 0 saturated carbocycles. The number of aryl methyl sites for hydroxylation is 1. The van der Waals surface area contributed by atoms with E-state index in [-0.39, 0.29) is 30.7 Å². The molecule has 1 aromatic heterocycles. The lowest BCUT2D eigenvalue weighted by molar-refractivity contribution is -0.120. The summed E-state index contributed by atoms with van der Waals surface area (Å²) >= 11 is 13.2. The second-order valence-electron chi connectivity index (χ2n) is 7.95. The van der Waals surface area contributed by atoms with E-state index in [0.29, 0.717) is 33.6 Å². The van der Waals surface area contributed by atoms with Crippen LogP contribution in [0.15, 0.2) is 42.5 Å². The zero-order valence-corrected chi connectivity index (χ0v) is 20.9. The van der Waals surface area contributed by atoms with Crippen molar-refractivity contribution >= 4 is 55.6 Å². The Morgan fingerprint density at radius 3 is 2.45 bits per heavy atom. The average Bonchev–Trinajstić information content (AvgIpc) is 3.25. The van der Waals surface area contributed by atoms with Gasteiger partial charge in [-0.2, -0.15) is 0 Å². The van der Waals surface area contributed by atoms with Gasteiger partial charge in [0, 0.05) is 24.6 Å². The lowest BCUT2D eigenvalue weighted by Crippen LogP contribution is -2.41. The molecule has 3 aromatic rings. The molecular weight excluding hydrogens is 503 g/mol. The fourth-order valence-corrected chi connectivity index (χ4v) is 6.24. The Morgan fingerprint density at radius 1 is 1.09 bits per heavy atom. The van der Waals surface area contributed by atoms with Crippen molar-refractivity contribution < 1.29 is 13.2 Å². The largest absolute Gasteiger partial charge is 0.300 e. The van der Waals surface area contributed by atoms with Crippen LogP contribution in [0.2, 0.25) is 10.0 Å². The van der Waals surface area contributed by atoms with Gasteiger partial charge in [0.05, 0.1) is 15.8 Å². The van der Waals surface area contributed by atoms with Crippen molar-refractivity contribution in [2.24, 2.45) is 5.92 Å². The summed E-state index contributed by atoms with van der Waals surface area (Å²) in [6.07, 6.45) is 0.881. The first-order valence-electron chi connectivity index (χ1n) is 10.3. The Kier molecular flexibility index (Phi) is 7.35. The molecule has 0 atom stereocenters. The number of anilines is 1. The highest BCUT2D eigenvalue weighted by atomic mass is 35.5. The van der Waals surface area contributed by atoms with Gasteiger partial charge in [-0.05, 0) is 37.5 Å². The number of amides is 1. The summed E-state index contributed by atoms with van der Waals surface area (Å²) in [4.78, 5) is 12.7. The first-order chi connectivity index (χ1) is 15.7. The molecule has 1 aliphatic rings. The summed E-state index contributed by atoms with van der Waals surface area (Å²) in [5.74, 6) is -0.607.